The maximum Gasteiger partial charge on any atom is 0.237 e. The van der Waals surface area contributed by atoms with E-state index in [1.54, 1.807) is 0 Å². The van der Waals surface area contributed by atoms with Crippen LogP contribution in [0.1, 0.15) is 45.4 Å². The molecule has 1 saturated carbocycles. The smallest absolute Gasteiger partial charge is 0.237 e. The van der Waals surface area contributed by atoms with Crippen LogP contribution < -0.4 is 11.2 Å². The van der Waals surface area contributed by atoms with Crippen molar-refractivity contribution in [2.24, 2.45) is 17.6 Å². The number of piperidine rings is 1. The van der Waals surface area contributed by atoms with Crippen molar-refractivity contribution in [3.05, 3.63) is 0 Å². The van der Waals surface area contributed by atoms with Crippen molar-refractivity contribution in [1.82, 2.24) is 10.4 Å². The highest BCUT2D eigenvalue weighted by Gasteiger charge is 2.30. The number of nitrogens with two attached hydrogens (primary N) is 1. The number of amides is 1. The van der Waals surface area contributed by atoms with Crippen LogP contribution in [-0.4, -0.2) is 30.0 Å². The van der Waals surface area contributed by atoms with E-state index in [1.807, 2.05) is 0 Å². The van der Waals surface area contributed by atoms with Crippen LogP contribution in [0.4, 0.5) is 0 Å². The lowest BCUT2D eigenvalue weighted by molar-refractivity contribution is -0.132. The Hall–Kier alpha value is -0.610. The van der Waals surface area contributed by atoms with Gasteiger partial charge in [-0.3, -0.25) is 10.2 Å². The summed E-state index contributed by atoms with van der Waals surface area (Å²) < 4.78 is 0. The molecule has 0 bridgehead atoms. The zero-order valence-electron chi connectivity index (χ0n) is 10.8. The second-order valence-electron chi connectivity index (χ2n) is 5.67. The molecule has 2 fully saturated rings. The van der Waals surface area contributed by atoms with Crippen molar-refractivity contribution in [3.63, 3.8) is 0 Å². The minimum absolute atomic E-state index is 0.173. The molecule has 4 nitrogen and oxygen atoms in total. The summed E-state index contributed by atoms with van der Waals surface area (Å²) in [4.78, 5) is 12.1. The molecule has 0 spiro atoms. The van der Waals surface area contributed by atoms with Crippen LogP contribution in [0.3, 0.4) is 0 Å². The molecule has 3 N–H and O–H groups in total. The Kier molecular flexibility index (Phi) is 4.40. The van der Waals surface area contributed by atoms with Crippen LogP contribution in [0.5, 0.6) is 0 Å². The molecule has 4 heteroatoms. The quantitative estimate of drug-likeness (QED) is 0.763. The van der Waals surface area contributed by atoms with Gasteiger partial charge >= 0.3 is 0 Å². The molecule has 1 amide bonds. The zero-order chi connectivity index (χ0) is 12.3. The van der Waals surface area contributed by atoms with Gasteiger partial charge in [-0.2, -0.15) is 0 Å². The molecule has 3 atom stereocenters. The Morgan fingerprint density at radius 2 is 1.94 bits per heavy atom. The van der Waals surface area contributed by atoms with Gasteiger partial charge in [-0.15, -0.1) is 0 Å². The highest BCUT2D eigenvalue weighted by atomic mass is 16.2. The van der Waals surface area contributed by atoms with E-state index in [0.29, 0.717) is 5.92 Å². The molecular weight excluding hydrogens is 214 g/mol. The van der Waals surface area contributed by atoms with Gasteiger partial charge in [0.2, 0.25) is 5.91 Å². The van der Waals surface area contributed by atoms with Crippen LogP contribution in [0.25, 0.3) is 0 Å². The molecule has 3 unspecified atom stereocenters. The summed E-state index contributed by atoms with van der Waals surface area (Å²) in [6.07, 6.45) is 6.57. The maximum atomic E-state index is 12.1. The second-order valence-corrected chi connectivity index (χ2v) is 5.67. The van der Waals surface area contributed by atoms with E-state index in [2.05, 4.69) is 17.4 Å². The van der Waals surface area contributed by atoms with Gasteiger partial charge in [-0.05, 0) is 38.0 Å². The van der Waals surface area contributed by atoms with Crippen LogP contribution in [-0.2, 0) is 4.79 Å². The number of hydrazine groups is 1. The maximum absolute atomic E-state index is 12.1. The van der Waals surface area contributed by atoms with E-state index < -0.39 is 0 Å². The van der Waals surface area contributed by atoms with E-state index in [9.17, 15) is 4.79 Å². The lowest BCUT2D eigenvalue weighted by Gasteiger charge is -2.33. The summed E-state index contributed by atoms with van der Waals surface area (Å²) in [5.41, 5.74) is 9.06. The molecule has 98 valence electrons. The lowest BCUT2D eigenvalue weighted by Crippen LogP contribution is -2.49. The van der Waals surface area contributed by atoms with E-state index >= 15 is 0 Å². The average Bonchev–Trinajstić information content (AvgIpc) is 2.34. The van der Waals surface area contributed by atoms with Crippen molar-refractivity contribution >= 4 is 5.91 Å². The predicted molar refractivity (Wildman–Crippen MR) is 68.0 cm³/mol. The molecule has 0 aromatic heterocycles. The number of hydrogen-bond acceptors (Lipinski definition) is 3. The van der Waals surface area contributed by atoms with Crippen molar-refractivity contribution in [1.29, 1.82) is 0 Å². The summed E-state index contributed by atoms with van der Waals surface area (Å²) in [7, 11) is 0. The lowest BCUT2D eigenvalue weighted by atomic mass is 9.79. The average molecular weight is 239 g/mol. The molecule has 2 rings (SSSR count). The number of carbonyl (C=O) groups excluding carboxylic acids is 1. The van der Waals surface area contributed by atoms with Gasteiger partial charge in [0.1, 0.15) is 0 Å². The first-order valence-electron chi connectivity index (χ1n) is 6.98. The largest absolute Gasteiger partial charge is 0.327 e. The second kappa shape index (κ2) is 5.83. The van der Waals surface area contributed by atoms with Crippen molar-refractivity contribution < 1.29 is 4.79 Å². The molecule has 0 radical (unpaired) electrons. The highest BCUT2D eigenvalue weighted by Crippen LogP contribution is 2.28. The monoisotopic (exact) mass is 239 g/mol. The van der Waals surface area contributed by atoms with E-state index in [0.717, 1.165) is 32.4 Å². The minimum atomic E-state index is 0.173. The number of rotatable bonds is 2. The number of hydrogen-bond donors (Lipinski definition) is 2. The Morgan fingerprint density at radius 1 is 1.24 bits per heavy atom. The van der Waals surface area contributed by atoms with Crippen molar-refractivity contribution in [2.75, 3.05) is 13.1 Å². The predicted octanol–water partition coefficient (Wildman–Crippen LogP) is 1.27. The molecule has 2 aliphatic rings. The van der Waals surface area contributed by atoms with E-state index in [-0.39, 0.29) is 17.9 Å². The third-order valence-corrected chi connectivity index (χ3v) is 4.23. The first kappa shape index (κ1) is 12.8. The van der Waals surface area contributed by atoms with Gasteiger partial charge in [0.05, 0.1) is 0 Å². The van der Waals surface area contributed by atoms with Crippen molar-refractivity contribution in [3.8, 4) is 0 Å². The summed E-state index contributed by atoms with van der Waals surface area (Å²) >= 11 is 0. The number of carbonyl (C=O) groups is 1. The first-order valence-corrected chi connectivity index (χ1v) is 6.98. The molecule has 1 aliphatic carbocycles. The number of nitrogens with zero attached hydrogens (tertiary/aromatic N) is 1. The fourth-order valence-electron chi connectivity index (χ4n) is 2.91. The summed E-state index contributed by atoms with van der Waals surface area (Å²) in [5.74, 6) is 0.859. The Labute approximate surface area is 104 Å². The Bertz CT molecular complexity index is 263. The van der Waals surface area contributed by atoms with Gasteiger partial charge < -0.3 is 5.73 Å². The molecule has 0 aromatic rings. The standard InChI is InChI=1S/C13H25N3O/c1-10-9-11(5-6-12(10)14)13(17)15-16-7-3-2-4-8-16/h10-12H,2-9,14H2,1H3,(H,15,17). The SMILES string of the molecule is CC1CC(C(=O)NN2CCCCC2)CCC1N. The molecule has 1 saturated heterocycles. The summed E-state index contributed by atoms with van der Waals surface area (Å²) in [6.45, 7) is 4.17. The topological polar surface area (TPSA) is 58.4 Å². The van der Waals surface area contributed by atoms with Crippen LogP contribution in [0.2, 0.25) is 0 Å². The Balaban J connectivity index is 1.79. The van der Waals surface area contributed by atoms with Gasteiger partial charge in [0.25, 0.3) is 0 Å². The van der Waals surface area contributed by atoms with Gasteiger partial charge in [-0.1, -0.05) is 13.3 Å². The molecule has 17 heavy (non-hydrogen) atoms. The van der Waals surface area contributed by atoms with Gasteiger partial charge in [0, 0.05) is 25.0 Å². The normalized spacial score (nSPS) is 35.5. The molecular formula is C13H25N3O. The van der Waals surface area contributed by atoms with Crippen LogP contribution in [0, 0.1) is 11.8 Å². The highest BCUT2D eigenvalue weighted by molar-refractivity contribution is 5.78. The van der Waals surface area contributed by atoms with Gasteiger partial charge in [0.15, 0.2) is 0 Å². The summed E-state index contributed by atoms with van der Waals surface area (Å²) in [5, 5.41) is 2.09. The summed E-state index contributed by atoms with van der Waals surface area (Å²) in [6, 6.07) is 0.286. The van der Waals surface area contributed by atoms with Gasteiger partial charge in [-0.25, -0.2) is 5.01 Å². The van der Waals surface area contributed by atoms with E-state index in [4.69, 9.17) is 5.73 Å². The third kappa shape index (κ3) is 3.42. The fraction of sp³-hybridized carbons (Fsp3) is 0.923. The van der Waals surface area contributed by atoms with E-state index in [1.165, 1.54) is 19.3 Å². The first-order chi connectivity index (χ1) is 8.16. The van der Waals surface area contributed by atoms with Crippen LogP contribution in [0.15, 0.2) is 0 Å². The van der Waals surface area contributed by atoms with Crippen molar-refractivity contribution in [2.45, 2.75) is 51.5 Å². The molecule has 1 aliphatic heterocycles. The number of nitrogens with one attached hydrogen (secondary N) is 1. The zero-order valence-corrected chi connectivity index (χ0v) is 10.8. The third-order valence-electron chi connectivity index (χ3n) is 4.23. The molecule has 0 aromatic carbocycles. The van der Waals surface area contributed by atoms with Crippen LogP contribution >= 0.6 is 0 Å². The minimum Gasteiger partial charge on any atom is -0.327 e. The molecule has 1 heterocycles. The fourth-order valence-corrected chi connectivity index (χ4v) is 2.91. The Morgan fingerprint density at radius 3 is 2.59 bits per heavy atom.